The summed E-state index contributed by atoms with van der Waals surface area (Å²) in [7, 11) is 12.4. The molecule has 0 heterocycles. The van der Waals surface area contributed by atoms with Crippen LogP contribution in [0.1, 0.15) is 65.6 Å². The van der Waals surface area contributed by atoms with E-state index in [0.717, 1.165) is 6.42 Å². The number of esters is 2. The van der Waals surface area contributed by atoms with Gasteiger partial charge in [-0.1, -0.05) is 36.2 Å². The minimum Gasteiger partial charge on any atom is -0.455 e. The van der Waals surface area contributed by atoms with Crippen molar-refractivity contribution in [1.82, 2.24) is 0 Å². The first-order valence-electron chi connectivity index (χ1n) is 12.3. The van der Waals surface area contributed by atoms with Crippen molar-refractivity contribution in [3.63, 3.8) is 0 Å². The summed E-state index contributed by atoms with van der Waals surface area (Å²) >= 11 is 0. The van der Waals surface area contributed by atoms with E-state index in [9.17, 15) is 31.2 Å². The number of carbonyl (C=O) groups is 2. The lowest BCUT2D eigenvalue weighted by Crippen LogP contribution is -2.60. The van der Waals surface area contributed by atoms with Crippen LogP contribution >= 0.6 is 0 Å². The summed E-state index contributed by atoms with van der Waals surface area (Å²) in [6, 6.07) is 3.34. The van der Waals surface area contributed by atoms with Gasteiger partial charge in [0.25, 0.3) is 10.1 Å². The van der Waals surface area contributed by atoms with Gasteiger partial charge in [0.05, 0.1) is 34.5 Å². The fourth-order valence-electron chi connectivity index (χ4n) is 6.95. The third kappa shape index (κ3) is 5.81. The number of ether oxygens (including phenoxy) is 2. The SMILES string of the molecule is [B]Cc1cc(C[B])c(C[B])c(C(=O)OC23CC4CC(C2)CC(C(=O)OC(CS(=O)(=O)O)C(F)(F)F)(C4)C3)c1. The number of hydrogen-bond acceptors (Lipinski definition) is 6. The van der Waals surface area contributed by atoms with Crippen molar-refractivity contribution >= 4 is 45.6 Å². The summed E-state index contributed by atoms with van der Waals surface area (Å²) < 4.78 is 82.4. The van der Waals surface area contributed by atoms with Crippen LogP contribution in [0.3, 0.4) is 0 Å². The molecule has 4 aliphatic carbocycles. The first-order valence-corrected chi connectivity index (χ1v) is 13.9. The molecule has 4 bridgehead atoms. The molecule has 4 aliphatic rings. The maximum Gasteiger partial charge on any atom is 0.426 e. The number of hydrogen-bond donors (Lipinski definition) is 1. The van der Waals surface area contributed by atoms with Gasteiger partial charge in [0.15, 0.2) is 0 Å². The van der Waals surface area contributed by atoms with Crippen molar-refractivity contribution in [1.29, 1.82) is 0 Å². The van der Waals surface area contributed by atoms with Crippen LogP contribution in [-0.2, 0) is 43.3 Å². The predicted octanol–water partition coefficient (Wildman–Crippen LogP) is 2.55. The van der Waals surface area contributed by atoms with E-state index in [1.807, 2.05) is 0 Å². The van der Waals surface area contributed by atoms with Gasteiger partial charge in [0, 0.05) is 6.42 Å². The molecular weight excluding hydrogens is 522 g/mol. The van der Waals surface area contributed by atoms with Gasteiger partial charge in [-0.3, -0.25) is 9.35 Å². The van der Waals surface area contributed by atoms with Crippen LogP contribution in [0.4, 0.5) is 13.2 Å². The fraction of sp³-hybridized carbons (Fsp3) is 0.667. The molecule has 5 rings (SSSR count). The van der Waals surface area contributed by atoms with Gasteiger partial charge in [-0.25, -0.2) is 4.79 Å². The minimum absolute atomic E-state index is 0.0168. The van der Waals surface area contributed by atoms with Crippen LogP contribution in [0, 0.1) is 17.3 Å². The van der Waals surface area contributed by atoms with E-state index in [-0.39, 0.29) is 55.6 Å². The Hall–Kier alpha value is -1.95. The van der Waals surface area contributed by atoms with Gasteiger partial charge in [-0.05, 0) is 55.6 Å². The number of alkyl halides is 3. The molecule has 38 heavy (non-hydrogen) atoms. The molecule has 1 aromatic carbocycles. The van der Waals surface area contributed by atoms with Crippen LogP contribution in [-0.4, -0.2) is 72.1 Å². The monoisotopic (exact) mass is 548 g/mol. The van der Waals surface area contributed by atoms with Crippen LogP contribution in [0.25, 0.3) is 0 Å². The van der Waals surface area contributed by atoms with Crippen molar-refractivity contribution in [2.45, 2.75) is 75.4 Å². The largest absolute Gasteiger partial charge is 0.455 e. The molecule has 0 amide bonds. The average Bonchev–Trinajstić information content (AvgIpc) is 2.79. The summed E-state index contributed by atoms with van der Waals surface area (Å²) in [6.07, 6.45) is -5.89. The lowest BCUT2D eigenvalue weighted by Gasteiger charge is -2.59. The van der Waals surface area contributed by atoms with Crippen LogP contribution < -0.4 is 0 Å². The third-order valence-corrected chi connectivity index (χ3v) is 8.73. The third-order valence-electron chi connectivity index (χ3n) is 8.01. The maximum absolute atomic E-state index is 13.5. The summed E-state index contributed by atoms with van der Waals surface area (Å²) in [4.78, 5) is 26.7. The summed E-state index contributed by atoms with van der Waals surface area (Å²) in [5.41, 5.74) is -0.474. The quantitative estimate of drug-likeness (QED) is 0.288. The van der Waals surface area contributed by atoms with Gasteiger partial charge in [-0.2, -0.15) is 21.6 Å². The number of benzene rings is 1. The molecule has 1 N–H and O–H groups in total. The lowest BCUT2D eigenvalue weighted by atomic mass is 9.48. The molecule has 14 heteroatoms. The molecule has 1 aromatic rings. The highest BCUT2D eigenvalue weighted by Crippen LogP contribution is 2.63. The van der Waals surface area contributed by atoms with E-state index >= 15 is 0 Å². The molecule has 3 unspecified atom stereocenters. The second-order valence-corrected chi connectivity index (χ2v) is 12.4. The summed E-state index contributed by atoms with van der Waals surface area (Å²) in [5.74, 6) is -3.86. The highest BCUT2D eigenvalue weighted by Gasteiger charge is 2.64. The van der Waals surface area contributed by atoms with E-state index in [1.165, 1.54) is 0 Å². The van der Waals surface area contributed by atoms with Gasteiger partial charge >= 0.3 is 18.1 Å². The van der Waals surface area contributed by atoms with Gasteiger partial charge < -0.3 is 9.47 Å². The van der Waals surface area contributed by atoms with Crippen molar-refractivity contribution in [3.8, 4) is 0 Å². The Balaban J connectivity index is 1.62. The van der Waals surface area contributed by atoms with E-state index < -0.39 is 51.1 Å². The molecule has 200 valence electrons. The zero-order valence-corrected chi connectivity index (χ0v) is 21.4. The molecule has 0 spiro atoms. The number of halogens is 3. The molecule has 4 saturated carbocycles. The minimum atomic E-state index is -5.20. The highest BCUT2D eigenvalue weighted by molar-refractivity contribution is 7.85. The van der Waals surface area contributed by atoms with Crippen LogP contribution in [0.15, 0.2) is 12.1 Å². The Bertz CT molecular complexity index is 1210. The summed E-state index contributed by atoms with van der Waals surface area (Å²) in [5, 5.41) is 0. The van der Waals surface area contributed by atoms with E-state index in [2.05, 4.69) is 0 Å². The van der Waals surface area contributed by atoms with E-state index in [4.69, 9.17) is 37.6 Å². The van der Waals surface area contributed by atoms with Crippen LogP contribution in [0.2, 0.25) is 0 Å². The molecular formula is C24H26B3F3O7S. The molecule has 3 atom stereocenters. The zero-order valence-electron chi connectivity index (χ0n) is 20.6. The van der Waals surface area contributed by atoms with Crippen molar-refractivity contribution in [2.24, 2.45) is 17.3 Å². The van der Waals surface area contributed by atoms with E-state index in [1.54, 1.807) is 12.1 Å². The maximum atomic E-state index is 13.5. The summed E-state index contributed by atoms with van der Waals surface area (Å²) in [6.45, 7) is 0. The van der Waals surface area contributed by atoms with Crippen LogP contribution in [0.5, 0.6) is 0 Å². The van der Waals surface area contributed by atoms with Gasteiger partial charge in [0.2, 0.25) is 6.10 Å². The van der Waals surface area contributed by atoms with E-state index in [0.29, 0.717) is 29.5 Å². The molecule has 0 aliphatic heterocycles. The first-order chi connectivity index (χ1) is 17.6. The lowest BCUT2D eigenvalue weighted by molar-refractivity contribution is -0.234. The topological polar surface area (TPSA) is 107 Å². The van der Waals surface area contributed by atoms with Crippen molar-refractivity contribution in [2.75, 3.05) is 5.75 Å². The van der Waals surface area contributed by atoms with Crippen molar-refractivity contribution in [3.05, 3.63) is 34.4 Å². The molecule has 4 fully saturated rings. The molecule has 7 nitrogen and oxygen atoms in total. The Labute approximate surface area is 223 Å². The smallest absolute Gasteiger partial charge is 0.426 e. The molecule has 0 saturated heterocycles. The van der Waals surface area contributed by atoms with Gasteiger partial charge in [0.1, 0.15) is 11.4 Å². The molecule has 0 aromatic heterocycles. The second kappa shape index (κ2) is 10.2. The Morgan fingerprint density at radius 3 is 2.18 bits per heavy atom. The average molecular weight is 548 g/mol. The standard InChI is InChI=1S/C24H26B3F3O7S/c25-8-13-2-16(9-26)18(10-27)17(3-13)20(31)37-23-6-14-1-15(7-23)5-22(4-14,12-23)21(32)36-19(24(28,29)30)11-38(33,34)35/h2-3,14-15,19H,1,4-12H2,(H,33,34,35). The first kappa shape index (κ1) is 29.0. The normalized spacial score (nSPS) is 29.2. The molecule has 6 radical (unpaired) electrons. The second-order valence-electron chi connectivity index (χ2n) is 10.9. The Morgan fingerprint density at radius 1 is 1.05 bits per heavy atom. The number of rotatable bonds is 9. The fourth-order valence-corrected chi connectivity index (χ4v) is 7.59. The Morgan fingerprint density at radius 2 is 1.68 bits per heavy atom. The predicted molar refractivity (Wildman–Crippen MR) is 132 cm³/mol. The zero-order chi connectivity index (χ0) is 28.1. The highest BCUT2D eigenvalue weighted by atomic mass is 32.2. The Kier molecular flexibility index (Phi) is 7.82. The van der Waals surface area contributed by atoms with Gasteiger partial charge in [-0.15, -0.1) is 0 Å². The van der Waals surface area contributed by atoms with Crippen molar-refractivity contribution < 1.29 is 45.2 Å². The number of carbonyl (C=O) groups excluding carboxylic acids is 2.